The number of halogens is 2. The van der Waals surface area contributed by atoms with Gasteiger partial charge in [0.25, 0.3) is 0 Å². The summed E-state index contributed by atoms with van der Waals surface area (Å²) in [5.74, 6) is 0.843. The molecule has 96 valence electrons. The van der Waals surface area contributed by atoms with Crippen LogP contribution >= 0.6 is 38.9 Å². The molecule has 18 heavy (non-hydrogen) atoms. The molecule has 1 saturated heterocycles. The Bertz CT molecular complexity index is 599. The van der Waals surface area contributed by atoms with E-state index in [2.05, 4.69) is 30.8 Å². The molecule has 1 aliphatic rings. The van der Waals surface area contributed by atoms with E-state index in [-0.39, 0.29) is 5.28 Å². The minimum Gasteiger partial charge on any atom is -0.390 e. The van der Waals surface area contributed by atoms with Crippen molar-refractivity contribution in [2.75, 3.05) is 36.9 Å². The second kappa shape index (κ2) is 4.80. The lowest BCUT2D eigenvalue weighted by atomic mass is 10.3. The van der Waals surface area contributed by atoms with Crippen molar-refractivity contribution < 1.29 is 4.74 Å². The first-order valence-corrected chi connectivity index (χ1v) is 7.39. The van der Waals surface area contributed by atoms with Crippen LogP contribution in [0.5, 0.6) is 0 Å². The van der Waals surface area contributed by atoms with Crippen LogP contribution in [0.3, 0.4) is 0 Å². The van der Waals surface area contributed by atoms with Gasteiger partial charge < -0.3 is 15.4 Å². The van der Waals surface area contributed by atoms with Crippen molar-refractivity contribution in [1.29, 1.82) is 0 Å². The quantitative estimate of drug-likeness (QED) is 0.802. The van der Waals surface area contributed by atoms with Gasteiger partial charge in [0.2, 0.25) is 5.28 Å². The van der Waals surface area contributed by atoms with E-state index in [1.54, 1.807) is 0 Å². The predicted octanol–water partition coefficient (Wildman–Crippen LogP) is 2.53. The average Bonchev–Trinajstić information content (AvgIpc) is 2.66. The third-order valence-corrected chi connectivity index (χ3v) is 5.01. The highest BCUT2D eigenvalue weighted by Gasteiger charge is 2.20. The molecule has 0 bridgehead atoms. The molecular formula is C10H10BrClN4OS. The maximum Gasteiger partial charge on any atom is 0.225 e. The van der Waals surface area contributed by atoms with Gasteiger partial charge in [0.1, 0.15) is 10.5 Å². The number of fused-ring (bicyclic) bond motifs is 1. The number of hydrogen-bond donors (Lipinski definition) is 1. The molecular weight excluding hydrogens is 340 g/mol. The first-order valence-electron chi connectivity index (χ1n) is 5.40. The largest absolute Gasteiger partial charge is 0.390 e. The first kappa shape index (κ1) is 12.4. The molecule has 0 aliphatic carbocycles. The Kier molecular flexibility index (Phi) is 3.31. The summed E-state index contributed by atoms with van der Waals surface area (Å²) in [5.41, 5.74) is 6.70. The molecule has 8 heteroatoms. The minimum atomic E-state index is 0.238. The normalized spacial score (nSPS) is 16.4. The lowest BCUT2D eigenvalue weighted by Gasteiger charge is -2.28. The van der Waals surface area contributed by atoms with Crippen molar-refractivity contribution in [3.05, 3.63) is 9.76 Å². The van der Waals surface area contributed by atoms with Crippen LogP contribution in [0.4, 0.5) is 10.8 Å². The molecule has 0 unspecified atom stereocenters. The first-order chi connectivity index (χ1) is 8.66. The molecule has 3 rings (SSSR count). The maximum absolute atomic E-state index is 5.99. The number of rotatable bonds is 1. The summed E-state index contributed by atoms with van der Waals surface area (Å²) in [6.07, 6.45) is 0. The van der Waals surface area contributed by atoms with Gasteiger partial charge in [-0.25, -0.2) is 4.98 Å². The van der Waals surface area contributed by atoms with E-state index in [4.69, 9.17) is 22.1 Å². The van der Waals surface area contributed by atoms with E-state index in [9.17, 15) is 0 Å². The van der Waals surface area contributed by atoms with Crippen LogP contribution < -0.4 is 10.6 Å². The van der Waals surface area contributed by atoms with E-state index in [1.165, 1.54) is 11.3 Å². The van der Waals surface area contributed by atoms with Gasteiger partial charge in [-0.3, -0.25) is 0 Å². The molecule has 1 fully saturated rings. The van der Waals surface area contributed by atoms with Crippen molar-refractivity contribution in [2.24, 2.45) is 0 Å². The van der Waals surface area contributed by atoms with Crippen molar-refractivity contribution in [2.45, 2.75) is 0 Å². The van der Waals surface area contributed by atoms with Crippen molar-refractivity contribution in [3.8, 4) is 0 Å². The van der Waals surface area contributed by atoms with E-state index >= 15 is 0 Å². The number of nitrogen functional groups attached to an aromatic ring is 1. The molecule has 2 N–H and O–H groups in total. The highest BCUT2D eigenvalue weighted by molar-refractivity contribution is 9.10. The molecule has 0 amide bonds. The Morgan fingerprint density at radius 1 is 1.33 bits per heavy atom. The molecule has 0 radical (unpaired) electrons. The summed E-state index contributed by atoms with van der Waals surface area (Å²) < 4.78 is 7.10. The zero-order valence-electron chi connectivity index (χ0n) is 9.32. The number of thiophene rings is 1. The van der Waals surface area contributed by atoms with E-state index in [0.717, 1.165) is 33.6 Å². The smallest absolute Gasteiger partial charge is 0.225 e. The minimum absolute atomic E-state index is 0.238. The van der Waals surface area contributed by atoms with Crippen LogP contribution in [0.25, 0.3) is 10.2 Å². The van der Waals surface area contributed by atoms with Gasteiger partial charge in [0, 0.05) is 13.1 Å². The van der Waals surface area contributed by atoms with Crippen molar-refractivity contribution in [3.63, 3.8) is 0 Å². The van der Waals surface area contributed by atoms with Crippen LogP contribution in [-0.2, 0) is 4.74 Å². The summed E-state index contributed by atoms with van der Waals surface area (Å²) in [5, 5.41) is 0.929. The highest BCUT2D eigenvalue weighted by Crippen LogP contribution is 2.41. The Morgan fingerprint density at radius 3 is 2.78 bits per heavy atom. The summed E-state index contributed by atoms with van der Waals surface area (Å²) in [6.45, 7) is 3.01. The predicted molar refractivity (Wildman–Crippen MR) is 77.6 cm³/mol. The zero-order chi connectivity index (χ0) is 12.7. The van der Waals surface area contributed by atoms with Crippen LogP contribution in [0.2, 0.25) is 5.28 Å². The van der Waals surface area contributed by atoms with E-state index < -0.39 is 0 Å². The Balaban J connectivity index is 2.17. The molecule has 3 heterocycles. The Hall–Kier alpha value is -0.630. The standard InChI is InChI=1S/C10H10BrClN4OS/c11-5-6-7(18-8(5)13)9(15-10(12)14-6)16-1-3-17-4-2-16/h1-4,13H2. The summed E-state index contributed by atoms with van der Waals surface area (Å²) in [4.78, 5) is 10.7. The van der Waals surface area contributed by atoms with Crippen molar-refractivity contribution in [1.82, 2.24) is 9.97 Å². The molecule has 0 atom stereocenters. The molecule has 0 aromatic carbocycles. The Labute approximate surface area is 121 Å². The fraction of sp³-hybridized carbons (Fsp3) is 0.400. The van der Waals surface area contributed by atoms with Gasteiger partial charge in [-0.1, -0.05) is 0 Å². The molecule has 1 aliphatic heterocycles. The van der Waals surface area contributed by atoms with Gasteiger partial charge in [-0.05, 0) is 27.5 Å². The van der Waals surface area contributed by atoms with Gasteiger partial charge in [-0.15, -0.1) is 11.3 Å². The zero-order valence-corrected chi connectivity index (χ0v) is 12.5. The third kappa shape index (κ3) is 2.05. The van der Waals surface area contributed by atoms with Crippen LogP contribution in [0.1, 0.15) is 0 Å². The fourth-order valence-electron chi connectivity index (χ4n) is 1.92. The maximum atomic E-state index is 5.99. The van der Waals surface area contributed by atoms with Gasteiger partial charge in [0.05, 0.1) is 22.4 Å². The molecule has 0 saturated carbocycles. The number of morpholine rings is 1. The lowest BCUT2D eigenvalue weighted by Crippen LogP contribution is -2.36. The van der Waals surface area contributed by atoms with Crippen LogP contribution in [0.15, 0.2) is 4.47 Å². The number of nitrogens with two attached hydrogens (primary N) is 1. The Morgan fingerprint density at radius 2 is 2.06 bits per heavy atom. The summed E-state index contributed by atoms with van der Waals surface area (Å²) >= 11 is 10.9. The van der Waals surface area contributed by atoms with E-state index in [0.29, 0.717) is 18.2 Å². The molecule has 2 aromatic heterocycles. The number of ether oxygens (including phenoxy) is 1. The molecule has 0 spiro atoms. The van der Waals surface area contributed by atoms with Gasteiger partial charge in [-0.2, -0.15) is 4.98 Å². The second-order valence-corrected chi connectivity index (χ2v) is 6.06. The third-order valence-electron chi connectivity index (χ3n) is 2.77. The van der Waals surface area contributed by atoms with Crippen LogP contribution in [0, 0.1) is 0 Å². The van der Waals surface area contributed by atoms with E-state index in [1.807, 2.05) is 0 Å². The number of aromatic nitrogens is 2. The fourth-order valence-corrected chi connectivity index (χ4v) is 3.66. The second-order valence-electron chi connectivity index (χ2n) is 3.87. The molecule has 5 nitrogen and oxygen atoms in total. The highest BCUT2D eigenvalue weighted by atomic mass is 79.9. The van der Waals surface area contributed by atoms with Gasteiger partial charge in [0.15, 0.2) is 5.82 Å². The number of hydrogen-bond acceptors (Lipinski definition) is 6. The average molecular weight is 350 g/mol. The monoisotopic (exact) mass is 348 g/mol. The SMILES string of the molecule is Nc1sc2c(N3CCOCC3)nc(Cl)nc2c1Br. The summed E-state index contributed by atoms with van der Waals surface area (Å²) in [6, 6.07) is 0. The number of nitrogens with zero attached hydrogens (tertiary/aromatic N) is 3. The van der Waals surface area contributed by atoms with Crippen molar-refractivity contribution >= 4 is 59.9 Å². The molecule has 2 aromatic rings. The number of anilines is 2. The van der Waals surface area contributed by atoms with Crippen LogP contribution in [-0.4, -0.2) is 36.3 Å². The lowest BCUT2D eigenvalue weighted by molar-refractivity contribution is 0.122. The topological polar surface area (TPSA) is 64.3 Å². The van der Waals surface area contributed by atoms with Gasteiger partial charge >= 0.3 is 0 Å². The summed E-state index contributed by atoms with van der Waals surface area (Å²) in [7, 11) is 0.